The zero-order valence-electron chi connectivity index (χ0n) is 19.6. The number of halogens is 4. The van der Waals surface area contributed by atoms with E-state index in [4.69, 9.17) is 16.3 Å². The molecule has 0 amide bonds. The lowest BCUT2D eigenvalue weighted by atomic mass is 9.93. The van der Waals surface area contributed by atoms with Gasteiger partial charge in [-0.3, -0.25) is 9.69 Å². The molecule has 186 valence electrons. The number of nitrogens with one attached hydrogen (secondary N) is 1. The number of carbonyl (C=O) groups excluding carboxylic acids is 1. The van der Waals surface area contributed by atoms with Crippen LogP contribution in [-0.2, 0) is 28.9 Å². The number of hydrogen-bond donors (Lipinski definition) is 1. The van der Waals surface area contributed by atoms with Crippen molar-refractivity contribution >= 4 is 23.2 Å². The number of alkyl halides is 2. The molecule has 0 unspecified atom stereocenters. The van der Waals surface area contributed by atoms with Gasteiger partial charge in [-0.1, -0.05) is 32.0 Å². The highest BCUT2D eigenvalue weighted by Gasteiger charge is 2.37. The van der Waals surface area contributed by atoms with Crippen molar-refractivity contribution in [2.24, 2.45) is 5.92 Å². The summed E-state index contributed by atoms with van der Waals surface area (Å²) in [4.78, 5) is 21.5. The van der Waals surface area contributed by atoms with Crippen LogP contribution >= 0.6 is 11.6 Å². The van der Waals surface area contributed by atoms with E-state index in [2.05, 4.69) is 20.2 Å². The van der Waals surface area contributed by atoms with Gasteiger partial charge in [0.05, 0.1) is 30.5 Å². The van der Waals surface area contributed by atoms with Crippen molar-refractivity contribution in [2.45, 2.75) is 52.6 Å². The first-order chi connectivity index (χ1) is 16.2. The van der Waals surface area contributed by atoms with Gasteiger partial charge in [-0.2, -0.15) is 0 Å². The Bertz CT molecular complexity index is 998. The summed E-state index contributed by atoms with van der Waals surface area (Å²) in [6.45, 7) is 9.28. The molecule has 4 rings (SSSR count). The molecule has 0 aliphatic carbocycles. The van der Waals surface area contributed by atoms with Gasteiger partial charge in [0.2, 0.25) is 5.28 Å². The predicted octanol–water partition coefficient (Wildman–Crippen LogP) is 4.85. The van der Waals surface area contributed by atoms with Gasteiger partial charge in [0.25, 0.3) is 6.43 Å². The number of carbonyl (C=O) groups is 1. The van der Waals surface area contributed by atoms with Gasteiger partial charge in [0, 0.05) is 36.7 Å². The summed E-state index contributed by atoms with van der Waals surface area (Å²) < 4.78 is 44.6. The van der Waals surface area contributed by atoms with Crippen LogP contribution in [0.1, 0.15) is 49.6 Å². The molecule has 3 heterocycles. The number of anilines is 1. The van der Waals surface area contributed by atoms with Crippen LogP contribution in [0.2, 0.25) is 5.28 Å². The first-order valence-corrected chi connectivity index (χ1v) is 11.8. The molecule has 2 aromatic rings. The zero-order valence-corrected chi connectivity index (χ0v) is 20.3. The van der Waals surface area contributed by atoms with Gasteiger partial charge in [-0.15, -0.1) is 0 Å². The molecule has 2 aliphatic rings. The van der Waals surface area contributed by atoms with Gasteiger partial charge >= 0.3 is 0 Å². The minimum atomic E-state index is -2.85. The van der Waals surface area contributed by atoms with Gasteiger partial charge in [-0.25, -0.2) is 23.1 Å². The summed E-state index contributed by atoms with van der Waals surface area (Å²) in [7, 11) is 0. The monoisotopic (exact) mass is 498 g/mol. The van der Waals surface area contributed by atoms with Gasteiger partial charge in [0.15, 0.2) is 0 Å². The maximum Gasteiger partial charge on any atom is 0.266 e. The average molecular weight is 499 g/mol. The summed E-state index contributed by atoms with van der Waals surface area (Å²) in [6.07, 6.45) is -1.47. The fourth-order valence-corrected chi connectivity index (χ4v) is 4.08. The molecule has 0 spiro atoms. The van der Waals surface area contributed by atoms with Crippen molar-refractivity contribution in [3.8, 4) is 0 Å². The summed E-state index contributed by atoms with van der Waals surface area (Å²) in [5.41, 5.74) is 1.26. The molecule has 2 aliphatic heterocycles. The minimum Gasteiger partial charge on any atom is -0.378 e. The predicted molar refractivity (Wildman–Crippen MR) is 125 cm³/mol. The lowest BCUT2D eigenvalue weighted by molar-refractivity contribution is -0.136. The molecular weight excluding hydrogens is 469 g/mol. The number of hydrogen-bond acceptors (Lipinski definition) is 6. The fourth-order valence-electron chi connectivity index (χ4n) is 3.90. The lowest BCUT2D eigenvalue weighted by Crippen LogP contribution is -2.60. The van der Waals surface area contributed by atoms with E-state index in [0.717, 1.165) is 43.6 Å². The third kappa shape index (κ3) is 6.25. The number of aryl methyl sites for hydroxylation is 1. The smallest absolute Gasteiger partial charge is 0.266 e. The highest BCUT2D eigenvalue weighted by Crippen LogP contribution is 2.26. The minimum absolute atomic E-state index is 0.0376. The van der Waals surface area contributed by atoms with E-state index in [0.29, 0.717) is 36.4 Å². The maximum atomic E-state index is 14.1. The first-order valence-electron chi connectivity index (χ1n) is 11.4. The number of ketones is 1. The van der Waals surface area contributed by atoms with Crippen molar-refractivity contribution in [3.63, 3.8) is 0 Å². The van der Waals surface area contributed by atoms with Crippen LogP contribution < -0.4 is 5.32 Å². The van der Waals surface area contributed by atoms with Gasteiger partial charge in [-0.05, 0) is 31.4 Å². The third-order valence-electron chi connectivity index (χ3n) is 6.17. The quantitative estimate of drug-likeness (QED) is 0.525. The largest absolute Gasteiger partial charge is 0.378 e. The first kappa shape index (κ1) is 26.4. The van der Waals surface area contributed by atoms with Crippen LogP contribution in [-0.4, -0.2) is 53.0 Å². The Hall–Kier alpha value is -2.23. The van der Waals surface area contributed by atoms with E-state index >= 15 is 0 Å². The molecule has 0 radical (unpaired) electrons. The van der Waals surface area contributed by atoms with Gasteiger partial charge in [0.1, 0.15) is 17.4 Å². The fraction of sp³-hybridized carbons (Fsp3) is 0.542. The number of aromatic nitrogens is 2. The van der Waals surface area contributed by atoms with Crippen LogP contribution in [0, 0.1) is 11.7 Å². The molecule has 6 nitrogen and oxygen atoms in total. The van der Waals surface area contributed by atoms with E-state index in [1.807, 2.05) is 13.8 Å². The molecular formula is C24H30ClF3N4O2. The Morgan fingerprint density at radius 2 is 1.94 bits per heavy atom. The average Bonchev–Trinajstić information content (AvgIpc) is 2.73. The van der Waals surface area contributed by atoms with Gasteiger partial charge < -0.3 is 10.1 Å². The molecule has 34 heavy (non-hydrogen) atoms. The zero-order chi connectivity index (χ0) is 24.8. The van der Waals surface area contributed by atoms with Crippen molar-refractivity contribution in [1.29, 1.82) is 0 Å². The Morgan fingerprint density at radius 1 is 1.24 bits per heavy atom. The van der Waals surface area contributed by atoms with E-state index in [1.165, 1.54) is 12.1 Å². The number of benzene rings is 1. The van der Waals surface area contributed by atoms with Crippen LogP contribution in [0.3, 0.4) is 0 Å². The Morgan fingerprint density at radius 3 is 2.47 bits per heavy atom. The summed E-state index contributed by atoms with van der Waals surface area (Å²) in [6, 6.07) is 4.57. The highest BCUT2D eigenvalue weighted by atomic mass is 35.5. The van der Waals surface area contributed by atoms with Crippen LogP contribution in [0.5, 0.6) is 0 Å². The van der Waals surface area contributed by atoms with Crippen molar-refractivity contribution in [2.75, 3.05) is 31.6 Å². The van der Waals surface area contributed by atoms with E-state index in [9.17, 15) is 18.0 Å². The van der Waals surface area contributed by atoms with E-state index < -0.39 is 17.8 Å². The van der Waals surface area contributed by atoms with Crippen LogP contribution in [0.25, 0.3) is 0 Å². The molecule has 0 atom stereocenters. The van der Waals surface area contributed by atoms with Crippen molar-refractivity contribution < 1.29 is 22.7 Å². The Labute approximate surface area is 202 Å². The van der Waals surface area contributed by atoms with Crippen LogP contribution in [0.15, 0.2) is 18.2 Å². The second-order valence-corrected chi connectivity index (χ2v) is 8.74. The third-order valence-corrected chi connectivity index (χ3v) is 6.33. The standard InChI is InChI=1S/C16H17ClF3N3.C8H13NO2/c1-3-10-12(4-2)22-16(17)23-15(10)21-8-9-6-5-7-11(13(9)18)14(19)20;1-6(10)7-2-9(3-7)8-4-11-5-8/h5-7,14H,3-4,8H2,1-2H3,(H,21,22,23);7-8H,2-5H2,1H3. The SMILES string of the molecule is CC(=O)C1CN(C2COC2)C1.CCc1nc(Cl)nc(NCc2cccc(C(F)F)c2F)c1CC. The molecule has 2 saturated heterocycles. The summed E-state index contributed by atoms with van der Waals surface area (Å²) in [5.74, 6) is 0.257. The van der Waals surface area contributed by atoms with Crippen LogP contribution in [0.4, 0.5) is 19.0 Å². The molecule has 0 bridgehead atoms. The molecule has 2 fully saturated rings. The number of rotatable bonds is 8. The summed E-state index contributed by atoms with van der Waals surface area (Å²) >= 11 is 5.90. The second-order valence-electron chi connectivity index (χ2n) is 8.40. The Balaban J connectivity index is 0.000000243. The van der Waals surface area contributed by atoms with E-state index in [-0.39, 0.29) is 17.4 Å². The number of likely N-dealkylation sites (tertiary alicyclic amines) is 1. The number of Topliss-reactive ketones (excluding diaryl/α,β-unsaturated/α-hetero) is 1. The second kappa shape index (κ2) is 12.0. The molecule has 10 heteroatoms. The lowest BCUT2D eigenvalue weighted by Gasteiger charge is -2.46. The normalized spacial score (nSPS) is 16.5. The Kier molecular flexibility index (Phi) is 9.27. The topological polar surface area (TPSA) is 67.4 Å². The van der Waals surface area contributed by atoms with Crippen molar-refractivity contribution in [3.05, 3.63) is 51.7 Å². The highest BCUT2D eigenvalue weighted by molar-refractivity contribution is 6.28. The maximum absolute atomic E-state index is 14.1. The molecule has 1 aromatic carbocycles. The molecule has 1 aromatic heterocycles. The summed E-state index contributed by atoms with van der Waals surface area (Å²) in [5, 5.41) is 3.08. The molecule has 1 N–H and O–H groups in total. The molecule has 0 saturated carbocycles. The number of ether oxygens (including phenoxy) is 1. The van der Waals surface area contributed by atoms with E-state index in [1.54, 1.807) is 6.92 Å². The number of nitrogens with zero attached hydrogens (tertiary/aromatic N) is 3. The van der Waals surface area contributed by atoms with Crippen molar-refractivity contribution in [1.82, 2.24) is 14.9 Å².